The van der Waals surface area contributed by atoms with E-state index in [0.29, 0.717) is 17.1 Å². The highest BCUT2D eigenvalue weighted by Crippen LogP contribution is 2.34. The smallest absolute Gasteiger partial charge is 0.262 e. The van der Waals surface area contributed by atoms with Crippen molar-refractivity contribution in [3.8, 4) is 5.75 Å². The molecular formula is C11H15N3O2. The third kappa shape index (κ3) is 2.03. The van der Waals surface area contributed by atoms with Gasteiger partial charge in [-0.3, -0.25) is 4.79 Å². The second kappa shape index (κ2) is 4.30. The van der Waals surface area contributed by atoms with E-state index in [4.69, 9.17) is 10.5 Å². The Morgan fingerprint density at radius 1 is 1.56 bits per heavy atom. The normalized spacial score (nSPS) is 13.7. The van der Waals surface area contributed by atoms with E-state index in [9.17, 15) is 4.79 Å². The topological polar surface area (TPSA) is 76.4 Å². The van der Waals surface area contributed by atoms with Gasteiger partial charge in [-0.05, 0) is 12.5 Å². The summed E-state index contributed by atoms with van der Waals surface area (Å²) in [6.07, 6.45) is 1.01. The number of nitrogens with two attached hydrogens (primary N) is 1. The van der Waals surface area contributed by atoms with Crippen LogP contribution in [0.15, 0.2) is 12.1 Å². The summed E-state index contributed by atoms with van der Waals surface area (Å²) in [4.78, 5) is 11.1. The van der Waals surface area contributed by atoms with Gasteiger partial charge in [-0.25, -0.2) is 0 Å². The molecule has 1 amide bonds. The summed E-state index contributed by atoms with van der Waals surface area (Å²) in [6, 6.07) is 3.53. The molecule has 5 nitrogen and oxygen atoms in total. The first-order chi connectivity index (χ1) is 7.70. The number of ether oxygens (including phenoxy) is 1. The number of nitrogens with one attached hydrogen (secondary N) is 2. The summed E-state index contributed by atoms with van der Waals surface area (Å²) in [5.41, 5.74) is 7.99. The van der Waals surface area contributed by atoms with Crippen molar-refractivity contribution >= 4 is 23.0 Å². The molecule has 1 aromatic rings. The first-order valence-electron chi connectivity index (χ1n) is 5.30. The molecule has 0 saturated heterocycles. The van der Waals surface area contributed by atoms with Gasteiger partial charge in [0.25, 0.3) is 5.91 Å². The predicted molar refractivity (Wildman–Crippen MR) is 63.8 cm³/mol. The van der Waals surface area contributed by atoms with Crippen LogP contribution in [-0.2, 0) is 4.79 Å². The van der Waals surface area contributed by atoms with E-state index in [-0.39, 0.29) is 12.5 Å². The lowest BCUT2D eigenvalue weighted by Gasteiger charge is -2.20. The maximum absolute atomic E-state index is 11.1. The SMILES string of the molecule is CCCNc1cc2c(cc1N)OCC(=O)N2. The van der Waals surface area contributed by atoms with Crippen molar-refractivity contribution in [2.75, 3.05) is 29.5 Å². The van der Waals surface area contributed by atoms with Gasteiger partial charge in [-0.15, -0.1) is 0 Å². The fourth-order valence-corrected chi connectivity index (χ4v) is 1.55. The molecule has 0 spiro atoms. The highest BCUT2D eigenvalue weighted by Gasteiger charge is 2.17. The van der Waals surface area contributed by atoms with Crippen molar-refractivity contribution in [3.05, 3.63) is 12.1 Å². The highest BCUT2D eigenvalue weighted by molar-refractivity contribution is 5.97. The summed E-state index contributed by atoms with van der Waals surface area (Å²) in [5.74, 6) is 0.484. The van der Waals surface area contributed by atoms with Crippen molar-refractivity contribution in [2.45, 2.75) is 13.3 Å². The molecule has 5 heteroatoms. The number of fused-ring (bicyclic) bond motifs is 1. The van der Waals surface area contributed by atoms with Gasteiger partial charge >= 0.3 is 0 Å². The van der Waals surface area contributed by atoms with Crippen LogP contribution in [0.5, 0.6) is 5.75 Å². The highest BCUT2D eigenvalue weighted by atomic mass is 16.5. The van der Waals surface area contributed by atoms with Gasteiger partial charge in [-0.1, -0.05) is 6.92 Å². The Kier molecular flexibility index (Phi) is 2.85. The monoisotopic (exact) mass is 221 g/mol. The van der Waals surface area contributed by atoms with Gasteiger partial charge in [0, 0.05) is 12.6 Å². The molecule has 1 aliphatic rings. The lowest BCUT2D eigenvalue weighted by molar-refractivity contribution is -0.118. The first-order valence-corrected chi connectivity index (χ1v) is 5.30. The van der Waals surface area contributed by atoms with Crippen molar-refractivity contribution in [1.29, 1.82) is 0 Å². The number of anilines is 3. The van der Waals surface area contributed by atoms with E-state index in [1.54, 1.807) is 12.1 Å². The van der Waals surface area contributed by atoms with Crippen molar-refractivity contribution in [1.82, 2.24) is 0 Å². The summed E-state index contributed by atoms with van der Waals surface area (Å²) < 4.78 is 5.26. The molecule has 1 aromatic carbocycles. The van der Waals surface area contributed by atoms with Gasteiger partial charge in [0.15, 0.2) is 6.61 Å². The summed E-state index contributed by atoms with van der Waals surface area (Å²) >= 11 is 0. The molecule has 0 aromatic heterocycles. The van der Waals surface area contributed by atoms with Gasteiger partial charge < -0.3 is 21.1 Å². The standard InChI is InChI=1S/C11H15N3O2/c1-2-3-13-8-5-9-10(4-7(8)12)16-6-11(15)14-9/h4-5,13H,2-3,6,12H2,1H3,(H,14,15). The Hall–Kier alpha value is -1.91. The van der Waals surface area contributed by atoms with Crippen LogP contribution >= 0.6 is 0 Å². The second-order valence-corrected chi connectivity index (χ2v) is 3.70. The van der Waals surface area contributed by atoms with Crippen LogP contribution in [0.3, 0.4) is 0 Å². The number of hydrogen-bond acceptors (Lipinski definition) is 4. The van der Waals surface area contributed by atoms with Crippen molar-refractivity contribution in [3.63, 3.8) is 0 Å². The van der Waals surface area contributed by atoms with Gasteiger partial charge in [-0.2, -0.15) is 0 Å². The molecule has 86 valence electrons. The largest absolute Gasteiger partial charge is 0.482 e. The second-order valence-electron chi connectivity index (χ2n) is 3.70. The maximum Gasteiger partial charge on any atom is 0.262 e. The zero-order valence-electron chi connectivity index (χ0n) is 9.17. The molecule has 0 unspecified atom stereocenters. The van der Waals surface area contributed by atoms with E-state index in [2.05, 4.69) is 17.6 Å². The molecule has 0 aliphatic carbocycles. The minimum absolute atomic E-state index is 0.0498. The molecule has 0 fully saturated rings. The van der Waals surface area contributed by atoms with Gasteiger partial charge in [0.1, 0.15) is 5.75 Å². The Morgan fingerprint density at radius 3 is 3.12 bits per heavy atom. The zero-order valence-corrected chi connectivity index (χ0v) is 9.17. The molecule has 1 aliphatic heterocycles. The van der Waals surface area contributed by atoms with E-state index < -0.39 is 0 Å². The van der Waals surface area contributed by atoms with E-state index in [0.717, 1.165) is 18.7 Å². The fourth-order valence-electron chi connectivity index (χ4n) is 1.55. The van der Waals surface area contributed by atoms with Crippen LogP contribution in [0.1, 0.15) is 13.3 Å². The first kappa shape index (κ1) is 10.6. The number of hydrogen-bond donors (Lipinski definition) is 3. The van der Waals surface area contributed by atoms with E-state index in [1.807, 2.05) is 0 Å². The lowest BCUT2D eigenvalue weighted by Crippen LogP contribution is -2.25. The van der Waals surface area contributed by atoms with Crippen LogP contribution in [0.2, 0.25) is 0 Å². The molecule has 2 rings (SSSR count). The minimum Gasteiger partial charge on any atom is -0.482 e. The molecule has 0 bridgehead atoms. The number of nitrogen functional groups attached to an aromatic ring is 1. The quantitative estimate of drug-likeness (QED) is 0.675. The van der Waals surface area contributed by atoms with E-state index >= 15 is 0 Å². The average Bonchev–Trinajstić information content (AvgIpc) is 2.27. The molecule has 1 heterocycles. The number of carbonyl (C=O) groups is 1. The third-order valence-corrected chi connectivity index (χ3v) is 2.35. The zero-order chi connectivity index (χ0) is 11.5. The maximum atomic E-state index is 11.1. The third-order valence-electron chi connectivity index (χ3n) is 2.35. The Bertz CT molecular complexity index is 418. The summed E-state index contributed by atoms with van der Waals surface area (Å²) in [7, 11) is 0. The lowest BCUT2D eigenvalue weighted by atomic mass is 10.2. The van der Waals surface area contributed by atoms with Gasteiger partial charge in [0.05, 0.1) is 17.1 Å². The van der Waals surface area contributed by atoms with Crippen molar-refractivity contribution < 1.29 is 9.53 Å². The summed E-state index contributed by atoms with van der Waals surface area (Å²) in [6.45, 7) is 2.97. The van der Waals surface area contributed by atoms with Crippen LogP contribution in [-0.4, -0.2) is 19.1 Å². The predicted octanol–water partition coefficient (Wildman–Crippen LogP) is 1.42. The van der Waals surface area contributed by atoms with Crippen LogP contribution in [0, 0.1) is 0 Å². The molecule has 0 radical (unpaired) electrons. The summed E-state index contributed by atoms with van der Waals surface area (Å²) in [5, 5.41) is 5.94. The Labute approximate surface area is 94.0 Å². The van der Waals surface area contributed by atoms with Crippen LogP contribution in [0.25, 0.3) is 0 Å². The van der Waals surface area contributed by atoms with Crippen LogP contribution < -0.4 is 21.1 Å². The number of carbonyl (C=O) groups excluding carboxylic acids is 1. The molecular weight excluding hydrogens is 206 g/mol. The molecule has 4 N–H and O–H groups in total. The Balaban J connectivity index is 2.27. The molecule has 0 atom stereocenters. The van der Waals surface area contributed by atoms with Crippen LogP contribution in [0.4, 0.5) is 17.1 Å². The minimum atomic E-state index is -0.140. The fraction of sp³-hybridized carbons (Fsp3) is 0.364. The van der Waals surface area contributed by atoms with E-state index in [1.165, 1.54) is 0 Å². The van der Waals surface area contributed by atoms with Gasteiger partial charge in [0.2, 0.25) is 0 Å². The number of benzene rings is 1. The van der Waals surface area contributed by atoms with Crippen molar-refractivity contribution in [2.24, 2.45) is 0 Å². The number of amides is 1. The average molecular weight is 221 g/mol. The Morgan fingerprint density at radius 2 is 2.38 bits per heavy atom. The molecule has 16 heavy (non-hydrogen) atoms. The molecule has 0 saturated carbocycles. The number of rotatable bonds is 3.